The Morgan fingerprint density at radius 3 is 3.00 bits per heavy atom. The fraction of sp³-hybridized carbons (Fsp3) is 0.125. The molecule has 1 rings (SSSR count). The summed E-state index contributed by atoms with van der Waals surface area (Å²) in [5, 5.41) is 0. The summed E-state index contributed by atoms with van der Waals surface area (Å²) < 4.78 is 0. The third-order valence-electron chi connectivity index (χ3n) is 1.46. The summed E-state index contributed by atoms with van der Waals surface area (Å²) in [6, 6.07) is 3.05. The Kier molecular flexibility index (Phi) is 2.23. The van der Waals surface area contributed by atoms with Crippen LogP contribution >= 0.6 is 0 Å². The predicted molar refractivity (Wildman–Crippen MR) is 44.2 cm³/mol. The number of aromatic nitrogens is 1. The quantitative estimate of drug-likeness (QED) is 0.605. The van der Waals surface area contributed by atoms with Crippen LogP contribution in [0, 0.1) is 0 Å². The Labute approximate surface area is 64.6 Å². The van der Waals surface area contributed by atoms with E-state index in [1.165, 1.54) is 6.08 Å². The maximum absolute atomic E-state index is 11.0. The summed E-state index contributed by atoms with van der Waals surface area (Å²) in [6.07, 6.45) is 3.10. The van der Waals surface area contributed by atoms with Gasteiger partial charge in [-0.25, -0.2) is 0 Å². The summed E-state index contributed by atoms with van der Waals surface area (Å²) >= 11 is 0. The molecular weight excluding hydrogens is 140 g/mol. The zero-order valence-electron chi connectivity index (χ0n) is 6.08. The lowest BCUT2D eigenvalue weighted by Crippen LogP contribution is -2.19. The van der Waals surface area contributed by atoms with Gasteiger partial charge in [0.25, 0.3) is 5.56 Å². The van der Waals surface area contributed by atoms with Crippen LogP contribution in [0.2, 0.25) is 0 Å². The number of H-pyrrole nitrogens is 1. The summed E-state index contributed by atoms with van der Waals surface area (Å²) in [6.45, 7) is 3.50. The van der Waals surface area contributed by atoms with Gasteiger partial charge in [0.1, 0.15) is 0 Å². The average Bonchev–Trinajstić information content (AvgIpc) is 2.04. The molecule has 58 valence electrons. The molecule has 1 aromatic heterocycles. The van der Waals surface area contributed by atoms with Crippen LogP contribution in [0.4, 0.5) is 0 Å². The van der Waals surface area contributed by atoms with Crippen molar-refractivity contribution in [2.24, 2.45) is 5.73 Å². The molecule has 3 heteroatoms. The Balaban J connectivity index is 3.13. The maximum atomic E-state index is 11.0. The van der Waals surface area contributed by atoms with Crippen molar-refractivity contribution in [3.63, 3.8) is 0 Å². The molecule has 1 aromatic rings. The first-order valence-corrected chi connectivity index (χ1v) is 3.31. The molecule has 0 bridgehead atoms. The highest BCUT2D eigenvalue weighted by molar-refractivity contribution is 5.17. The van der Waals surface area contributed by atoms with Crippen LogP contribution in [0.3, 0.4) is 0 Å². The Morgan fingerprint density at radius 1 is 1.73 bits per heavy atom. The second-order valence-electron chi connectivity index (χ2n) is 2.22. The number of aromatic amines is 1. The maximum Gasteiger partial charge on any atom is 0.253 e. The molecule has 0 aliphatic rings. The number of nitrogens with two attached hydrogens (primary N) is 1. The van der Waals surface area contributed by atoms with E-state index in [-0.39, 0.29) is 11.6 Å². The van der Waals surface area contributed by atoms with Crippen molar-refractivity contribution in [1.82, 2.24) is 4.98 Å². The van der Waals surface area contributed by atoms with E-state index in [9.17, 15) is 4.79 Å². The summed E-state index contributed by atoms with van der Waals surface area (Å²) in [7, 11) is 0. The molecule has 0 aliphatic heterocycles. The molecule has 3 nitrogen and oxygen atoms in total. The second-order valence-corrected chi connectivity index (χ2v) is 2.22. The number of nitrogens with one attached hydrogen (secondary N) is 1. The Morgan fingerprint density at radius 2 is 2.45 bits per heavy atom. The minimum absolute atomic E-state index is 0.153. The molecule has 0 spiro atoms. The van der Waals surface area contributed by atoms with Gasteiger partial charge in [-0.3, -0.25) is 4.79 Å². The normalized spacial score (nSPS) is 12.5. The van der Waals surface area contributed by atoms with Crippen molar-refractivity contribution in [2.75, 3.05) is 0 Å². The van der Waals surface area contributed by atoms with E-state index < -0.39 is 0 Å². The van der Waals surface area contributed by atoms with Crippen LogP contribution in [0.15, 0.2) is 35.8 Å². The van der Waals surface area contributed by atoms with E-state index in [4.69, 9.17) is 5.73 Å². The molecule has 1 heterocycles. The van der Waals surface area contributed by atoms with Crippen molar-refractivity contribution in [3.05, 3.63) is 46.9 Å². The van der Waals surface area contributed by atoms with Gasteiger partial charge in [0.2, 0.25) is 0 Å². The van der Waals surface area contributed by atoms with Gasteiger partial charge in [-0.15, -0.1) is 6.58 Å². The van der Waals surface area contributed by atoms with Gasteiger partial charge in [0.05, 0.1) is 6.04 Å². The molecule has 0 amide bonds. The van der Waals surface area contributed by atoms with Crippen molar-refractivity contribution in [3.8, 4) is 0 Å². The zero-order chi connectivity index (χ0) is 8.27. The fourth-order valence-corrected chi connectivity index (χ4v) is 0.824. The van der Waals surface area contributed by atoms with E-state index in [1.807, 2.05) is 0 Å². The van der Waals surface area contributed by atoms with Crippen LogP contribution < -0.4 is 11.3 Å². The van der Waals surface area contributed by atoms with Gasteiger partial charge in [-0.2, -0.15) is 0 Å². The minimum Gasteiger partial charge on any atom is -0.329 e. The molecule has 0 aromatic carbocycles. The standard InChI is InChI=1S/C8H10N2O/c1-2-7(9)6-4-3-5-10-8(6)11/h2-5,7H,1,9H2,(H,10,11)/t7-/m0/s1. The monoisotopic (exact) mass is 150 g/mol. The first-order chi connectivity index (χ1) is 5.25. The largest absolute Gasteiger partial charge is 0.329 e. The first-order valence-electron chi connectivity index (χ1n) is 3.31. The highest BCUT2D eigenvalue weighted by Gasteiger charge is 2.03. The lowest BCUT2D eigenvalue weighted by atomic mass is 10.1. The van der Waals surface area contributed by atoms with Crippen LogP contribution in [-0.2, 0) is 0 Å². The van der Waals surface area contributed by atoms with Gasteiger partial charge < -0.3 is 10.7 Å². The highest BCUT2D eigenvalue weighted by Crippen LogP contribution is 2.02. The number of hydrogen-bond acceptors (Lipinski definition) is 2. The van der Waals surface area contributed by atoms with Crippen LogP contribution in [0.5, 0.6) is 0 Å². The second kappa shape index (κ2) is 3.16. The smallest absolute Gasteiger partial charge is 0.253 e. The molecular formula is C8H10N2O. The number of hydrogen-bond donors (Lipinski definition) is 2. The van der Waals surface area contributed by atoms with Crippen LogP contribution in [0.25, 0.3) is 0 Å². The third kappa shape index (κ3) is 1.56. The number of pyridine rings is 1. The Hall–Kier alpha value is -1.35. The fourth-order valence-electron chi connectivity index (χ4n) is 0.824. The van der Waals surface area contributed by atoms with Crippen molar-refractivity contribution in [2.45, 2.75) is 6.04 Å². The molecule has 0 unspecified atom stereocenters. The van der Waals surface area contributed by atoms with E-state index in [2.05, 4.69) is 11.6 Å². The molecule has 0 radical (unpaired) electrons. The van der Waals surface area contributed by atoms with Crippen molar-refractivity contribution in [1.29, 1.82) is 0 Å². The van der Waals surface area contributed by atoms with E-state index in [0.717, 1.165) is 0 Å². The topological polar surface area (TPSA) is 58.9 Å². The molecule has 3 N–H and O–H groups in total. The van der Waals surface area contributed by atoms with Crippen LogP contribution in [0.1, 0.15) is 11.6 Å². The van der Waals surface area contributed by atoms with E-state index in [1.54, 1.807) is 18.3 Å². The summed E-state index contributed by atoms with van der Waals surface area (Å²) in [5.41, 5.74) is 5.95. The molecule has 0 saturated carbocycles. The highest BCUT2D eigenvalue weighted by atomic mass is 16.1. The van der Waals surface area contributed by atoms with Gasteiger partial charge in [-0.1, -0.05) is 12.1 Å². The first kappa shape index (κ1) is 7.75. The molecule has 0 aliphatic carbocycles. The summed E-state index contributed by atoms with van der Waals surface area (Å²) in [5.74, 6) is 0. The Bertz CT molecular complexity index is 303. The van der Waals surface area contributed by atoms with E-state index >= 15 is 0 Å². The van der Waals surface area contributed by atoms with Gasteiger partial charge >= 0.3 is 0 Å². The van der Waals surface area contributed by atoms with Crippen molar-refractivity contribution < 1.29 is 0 Å². The molecule has 11 heavy (non-hydrogen) atoms. The van der Waals surface area contributed by atoms with Crippen molar-refractivity contribution >= 4 is 0 Å². The lowest BCUT2D eigenvalue weighted by molar-refractivity contribution is 0.887. The minimum atomic E-state index is -0.375. The SMILES string of the molecule is C=C[C@H](N)c1ccc[nH]c1=O. The van der Waals surface area contributed by atoms with E-state index in [0.29, 0.717) is 5.56 Å². The van der Waals surface area contributed by atoms with Gasteiger partial charge in [0, 0.05) is 11.8 Å². The van der Waals surface area contributed by atoms with Crippen LogP contribution in [-0.4, -0.2) is 4.98 Å². The number of rotatable bonds is 2. The predicted octanol–water partition coefficient (Wildman–Crippen LogP) is 0.561. The third-order valence-corrected chi connectivity index (χ3v) is 1.46. The average molecular weight is 150 g/mol. The zero-order valence-corrected chi connectivity index (χ0v) is 6.08. The summed E-state index contributed by atoms with van der Waals surface area (Å²) in [4.78, 5) is 13.6. The lowest BCUT2D eigenvalue weighted by Gasteiger charge is -2.02. The molecule has 0 saturated heterocycles. The molecule has 0 fully saturated rings. The van der Waals surface area contributed by atoms with Gasteiger partial charge in [-0.05, 0) is 6.07 Å². The van der Waals surface area contributed by atoms with Gasteiger partial charge in [0.15, 0.2) is 0 Å². The molecule has 1 atom stereocenters.